The molecule has 1 aromatic heterocycles. The fourth-order valence-electron chi connectivity index (χ4n) is 1.89. The number of carboxylic acid groups (broad SMARTS) is 1. The first-order chi connectivity index (χ1) is 9.93. The van der Waals surface area contributed by atoms with Crippen LogP contribution in [0.4, 0.5) is 0 Å². The van der Waals surface area contributed by atoms with E-state index in [0.29, 0.717) is 0 Å². The van der Waals surface area contributed by atoms with Gasteiger partial charge in [0.15, 0.2) is 11.7 Å². The summed E-state index contributed by atoms with van der Waals surface area (Å²) < 4.78 is 6.06. The van der Waals surface area contributed by atoms with Crippen LogP contribution in [-0.4, -0.2) is 68.6 Å². The van der Waals surface area contributed by atoms with Crippen LogP contribution >= 0.6 is 0 Å². The van der Waals surface area contributed by atoms with Gasteiger partial charge >= 0.3 is 11.9 Å². The van der Waals surface area contributed by atoms with Crippen LogP contribution in [0.5, 0.6) is 0 Å². The van der Waals surface area contributed by atoms with E-state index in [9.17, 15) is 14.4 Å². The highest BCUT2D eigenvalue weighted by atomic mass is 16.5. The van der Waals surface area contributed by atoms with Crippen molar-refractivity contribution in [1.29, 1.82) is 0 Å². The zero-order valence-electron chi connectivity index (χ0n) is 11.3. The summed E-state index contributed by atoms with van der Waals surface area (Å²) in [6.45, 7) is 2.35. The average Bonchev–Trinajstić information content (AvgIpc) is 2.85. The summed E-state index contributed by atoms with van der Waals surface area (Å²) in [5, 5.41) is 15.9. The zero-order chi connectivity index (χ0) is 15.6. The average molecular weight is 297 g/mol. The topological polar surface area (TPSA) is 141 Å². The Labute approximate surface area is 119 Å². The number of esters is 1. The van der Waals surface area contributed by atoms with E-state index in [-0.39, 0.29) is 31.4 Å². The van der Waals surface area contributed by atoms with Crippen molar-refractivity contribution in [2.24, 2.45) is 5.73 Å². The number of nitrogens with two attached hydrogens (primary N) is 1. The quantitative estimate of drug-likeness (QED) is 0.481. The lowest BCUT2D eigenvalue weighted by atomic mass is 10.1. The summed E-state index contributed by atoms with van der Waals surface area (Å²) in [5.41, 5.74) is 5.34. The van der Waals surface area contributed by atoms with E-state index >= 15 is 0 Å². The van der Waals surface area contributed by atoms with Gasteiger partial charge in [-0.3, -0.25) is 4.79 Å². The van der Waals surface area contributed by atoms with Gasteiger partial charge in [-0.15, -0.1) is 5.10 Å². The van der Waals surface area contributed by atoms with Crippen LogP contribution in [0.25, 0.3) is 0 Å². The maximum atomic E-state index is 11.9. The number of aromatic carboxylic acids is 1. The predicted molar refractivity (Wildman–Crippen MR) is 67.2 cm³/mol. The molecule has 114 valence electrons. The van der Waals surface area contributed by atoms with E-state index in [0.717, 1.165) is 0 Å². The van der Waals surface area contributed by atoms with Gasteiger partial charge in [-0.05, 0) is 6.92 Å². The van der Waals surface area contributed by atoms with Crippen molar-refractivity contribution in [2.45, 2.75) is 19.0 Å². The number of aromatic nitrogens is 3. The minimum absolute atomic E-state index is 0.152. The normalized spacial score (nSPS) is 16.2. The second-order valence-corrected chi connectivity index (χ2v) is 4.52. The Morgan fingerprint density at radius 2 is 2.19 bits per heavy atom. The fraction of sp³-hybridized carbons (Fsp3) is 0.545. The molecular formula is C11H15N5O5. The number of likely N-dealkylation sites (tertiary alicyclic amines) is 1. The molecule has 1 atom stereocenters. The summed E-state index contributed by atoms with van der Waals surface area (Å²) in [6.07, 6.45) is 1.29. The van der Waals surface area contributed by atoms with E-state index < -0.39 is 23.9 Å². The van der Waals surface area contributed by atoms with Crippen LogP contribution in [0.2, 0.25) is 0 Å². The summed E-state index contributed by atoms with van der Waals surface area (Å²) in [6, 6.07) is -1.51. The molecule has 1 unspecified atom stereocenters. The first-order valence-corrected chi connectivity index (χ1v) is 6.30. The maximum absolute atomic E-state index is 11.9. The molecular weight excluding hydrogens is 282 g/mol. The van der Waals surface area contributed by atoms with Crippen LogP contribution < -0.4 is 5.73 Å². The summed E-state index contributed by atoms with van der Waals surface area (Å²) in [4.78, 5) is 35.3. The van der Waals surface area contributed by atoms with Crippen molar-refractivity contribution >= 4 is 17.8 Å². The van der Waals surface area contributed by atoms with Gasteiger partial charge in [0, 0.05) is 13.1 Å². The Kier molecular flexibility index (Phi) is 4.17. The lowest BCUT2D eigenvalue weighted by Gasteiger charge is -2.39. The SMILES string of the molecule is CCOC(=O)C(N)C(=O)N1CC(n2cc(C(=O)O)nn2)C1. The van der Waals surface area contributed by atoms with Crippen LogP contribution in [-0.2, 0) is 14.3 Å². The fourth-order valence-corrected chi connectivity index (χ4v) is 1.89. The molecule has 21 heavy (non-hydrogen) atoms. The van der Waals surface area contributed by atoms with E-state index in [2.05, 4.69) is 15.0 Å². The molecule has 0 aliphatic carbocycles. The first kappa shape index (κ1) is 14.9. The largest absolute Gasteiger partial charge is 0.476 e. The number of amides is 1. The molecule has 3 N–H and O–H groups in total. The molecule has 1 aliphatic rings. The van der Waals surface area contributed by atoms with Gasteiger partial charge in [-0.25, -0.2) is 14.3 Å². The molecule has 0 radical (unpaired) electrons. The molecule has 10 heteroatoms. The van der Waals surface area contributed by atoms with Crippen molar-refractivity contribution in [3.63, 3.8) is 0 Å². The van der Waals surface area contributed by atoms with Crippen molar-refractivity contribution in [3.05, 3.63) is 11.9 Å². The van der Waals surface area contributed by atoms with E-state index in [1.54, 1.807) is 6.92 Å². The molecule has 0 aromatic carbocycles. The van der Waals surface area contributed by atoms with Gasteiger partial charge in [0.05, 0.1) is 18.8 Å². The Balaban J connectivity index is 1.89. The van der Waals surface area contributed by atoms with Gasteiger partial charge in [-0.1, -0.05) is 5.21 Å². The lowest BCUT2D eigenvalue weighted by Crippen LogP contribution is -2.57. The number of carbonyl (C=O) groups is 3. The monoisotopic (exact) mass is 297 g/mol. The molecule has 1 aliphatic heterocycles. The molecule has 10 nitrogen and oxygen atoms in total. The summed E-state index contributed by atoms with van der Waals surface area (Å²) in [5.74, 6) is -2.46. The van der Waals surface area contributed by atoms with Crippen molar-refractivity contribution < 1.29 is 24.2 Å². The Hall–Kier alpha value is -2.49. The Bertz CT molecular complexity index is 565. The highest BCUT2D eigenvalue weighted by Gasteiger charge is 2.37. The smallest absolute Gasteiger partial charge is 0.358 e. The first-order valence-electron chi connectivity index (χ1n) is 6.30. The standard InChI is InChI=1S/C11H15N5O5/c1-2-21-11(20)8(12)9(17)15-3-6(4-15)16-5-7(10(18)19)13-14-16/h5-6,8H,2-4,12H2,1H3,(H,18,19). The van der Waals surface area contributed by atoms with E-state index in [4.69, 9.17) is 10.8 Å². The third-order valence-electron chi connectivity index (χ3n) is 3.08. The number of hydrogen-bond acceptors (Lipinski definition) is 7. The minimum atomic E-state index is -1.34. The van der Waals surface area contributed by atoms with Gasteiger partial charge < -0.3 is 20.5 Å². The van der Waals surface area contributed by atoms with E-state index in [1.807, 2.05) is 0 Å². The van der Waals surface area contributed by atoms with Crippen molar-refractivity contribution in [1.82, 2.24) is 19.9 Å². The highest BCUT2D eigenvalue weighted by molar-refractivity contribution is 6.02. The molecule has 0 saturated carbocycles. The minimum Gasteiger partial charge on any atom is -0.476 e. The second-order valence-electron chi connectivity index (χ2n) is 4.52. The number of rotatable bonds is 5. The van der Waals surface area contributed by atoms with Gasteiger partial charge in [-0.2, -0.15) is 0 Å². The highest BCUT2D eigenvalue weighted by Crippen LogP contribution is 2.21. The van der Waals surface area contributed by atoms with Crippen LogP contribution in [0, 0.1) is 0 Å². The van der Waals surface area contributed by atoms with Gasteiger partial charge in [0.2, 0.25) is 0 Å². The Morgan fingerprint density at radius 1 is 1.52 bits per heavy atom. The third-order valence-corrected chi connectivity index (χ3v) is 3.08. The number of nitrogens with zero attached hydrogens (tertiary/aromatic N) is 4. The summed E-state index contributed by atoms with van der Waals surface area (Å²) >= 11 is 0. The summed E-state index contributed by atoms with van der Waals surface area (Å²) in [7, 11) is 0. The number of hydrogen-bond donors (Lipinski definition) is 2. The number of carbonyl (C=O) groups excluding carboxylic acids is 2. The molecule has 1 aromatic rings. The molecule has 2 rings (SSSR count). The maximum Gasteiger partial charge on any atom is 0.358 e. The van der Waals surface area contributed by atoms with Crippen molar-refractivity contribution in [2.75, 3.05) is 19.7 Å². The lowest BCUT2D eigenvalue weighted by molar-refractivity contribution is -0.153. The van der Waals surface area contributed by atoms with E-state index in [1.165, 1.54) is 15.8 Å². The number of ether oxygens (including phenoxy) is 1. The van der Waals surface area contributed by atoms with Crippen LogP contribution in [0.3, 0.4) is 0 Å². The molecule has 1 fully saturated rings. The molecule has 0 bridgehead atoms. The molecule has 1 saturated heterocycles. The predicted octanol–water partition coefficient (Wildman–Crippen LogP) is -1.75. The molecule has 1 amide bonds. The van der Waals surface area contributed by atoms with Gasteiger partial charge in [0.1, 0.15) is 0 Å². The molecule has 0 spiro atoms. The van der Waals surface area contributed by atoms with Crippen LogP contribution in [0.1, 0.15) is 23.5 Å². The van der Waals surface area contributed by atoms with Crippen LogP contribution in [0.15, 0.2) is 6.20 Å². The van der Waals surface area contributed by atoms with Gasteiger partial charge in [0.25, 0.3) is 5.91 Å². The second kappa shape index (κ2) is 5.87. The number of carboxylic acids is 1. The third kappa shape index (κ3) is 2.99. The Morgan fingerprint density at radius 3 is 2.71 bits per heavy atom. The zero-order valence-corrected chi connectivity index (χ0v) is 11.3. The molecule has 2 heterocycles. The van der Waals surface area contributed by atoms with Crippen molar-refractivity contribution in [3.8, 4) is 0 Å².